The molecule has 238 valence electrons. The van der Waals surface area contributed by atoms with Crippen LogP contribution < -0.4 is 18.9 Å². The normalized spacial score (nSPS) is 13.2. The van der Waals surface area contributed by atoms with Gasteiger partial charge in [-0.25, -0.2) is 14.3 Å². The standard InChI is InChI=1S/C18H25N3O2.C16H18N4O2/c1-15-14-18(23-13-12-20-10-4-3-5-11-20)19-21(15)16-6-8-17(22-2)9-7-16;1-13-11-16(22-10-9-19-8-7-17-12-19)18-20(13)14-3-5-15(21-2)6-4-14/h6-9,14H,3-5,10-13H2,1-2H3;3-8,11-12H,9-10H2,1-2H3. The van der Waals surface area contributed by atoms with Gasteiger partial charge in [-0.1, -0.05) is 6.42 Å². The molecule has 5 aromatic rings. The van der Waals surface area contributed by atoms with E-state index in [9.17, 15) is 0 Å². The second kappa shape index (κ2) is 15.8. The van der Waals surface area contributed by atoms with Crippen molar-refractivity contribution in [3.63, 3.8) is 0 Å². The van der Waals surface area contributed by atoms with E-state index in [1.54, 1.807) is 26.7 Å². The zero-order valence-electron chi connectivity index (χ0n) is 26.6. The minimum atomic E-state index is 0.551. The van der Waals surface area contributed by atoms with Gasteiger partial charge in [0.05, 0.1) is 38.5 Å². The molecular weight excluding hydrogens is 570 g/mol. The molecule has 0 amide bonds. The van der Waals surface area contributed by atoms with Crippen molar-refractivity contribution < 1.29 is 18.9 Å². The summed E-state index contributed by atoms with van der Waals surface area (Å²) in [5.41, 5.74) is 4.06. The van der Waals surface area contributed by atoms with Crippen molar-refractivity contribution in [1.82, 2.24) is 34.0 Å². The molecule has 1 fully saturated rings. The summed E-state index contributed by atoms with van der Waals surface area (Å²) in [5.74, 6) is 2.98. The quantitative estimate of drug-likeness (QED) is 0.182. The average Bonchev–Trinajstić information content (AvgIpc) is 3.82. The van der Waals surface area contributed by atoms with Gasteiger partial charge in [0.25, 0.3) is 0 Å². The van der Waals surface area contributed by atoms with Crippen LogP contribution in [0.1, 0.15) is 30.7 Å². The third-order valence-corrected chi connectivity index (χ3v) is 7.63. The maximum absolute atomic E-state index is 5.84. The van der Waals surface area contributed by atoms with Crippen molar-refractivity contribution in [3.8, 4) is 34.6 Å². The molecule has 6 rings (SSSR count). The second-order valence-electron chi connectivity index (χ2n) is 10.9. The Morgan fingerprint density at radius 1 is 0.667 bits per heavy atom. The van der Waals surface area contributed by atoms with Crippen molar-refractivity contribution in [3.05, 3.63) is 90.8 Å². The highest BCUT2D eigenvalue weighted by molar-refractivity contribution is 5.40. The number of piperidine rings is 1. The number of benzene rings is 2. The monoisotopic (exact) mass is 613 g/mol. The fraction of sp³-hybridized carbons (Fsp3) is 0.382. The van der Waals surface area contributed by atoms with Crippen molar-refractivity contribution >= 4 is 0 Å². The van der Waals surface area contributed by atoms with Gasteiger partial charge in [0.2, 0.25) is 11.8 Å². The predicted molar refractivity (Wildman–Crippen MR) is 173 cm³/mol. The summed E-state index contributed by atoms with van der Waals surface area (Å²) in [7, 11) is 3.32. The van der Waals surface area contributed by atoms with Gasteiger partial charge in [0.15, 0.2) is 0 Å². The Bertz CT molecular complexity index is 1570. The number of hydrogen-bond acceptors (Lipinski definition) is 8. The highest BCUT2D eigenvalue weighted by Crippen LogP contribution is 2.21. The molecule has 45 heavy (non-hydrogen) atoms. The first-order valence-electron chi connectivity index (χ1n) is 15.4. The van der Waals surface area contributed by atoms with Crippen molar-refractivity contribution in [2.75, 3.05) is 47.1 Å². The van der Waals surface area contributed by atoms with E-state index in [0.717, 1.165) is 47.4 Å². The van der Waals surface area contributed by atoms with Crippen molar-refractivity contribution in [1.29, 1.82) is 0 Å². The van der Waals surface area contributed by atoms with E-state index in [0.29, 0.717) is 25.0 Å². The molecule has 0 atom stereocenters. The summed E-state index contributed by atoms with van der Waals surface area (Å²) < 4.78 is 27.6. The van der Waals surface area contributed by atoms with Gasteiger partial charge in [-0.15, -0.1) is 10.2 Å². The lowest BCUT2D eigenvalue weighted by atomic mass is 10.1. The Morgan fingerprint density at radius 2 is 1.18 bits per heavy atom. The van der Waals surface area contributed by atoms with Crippen LogP contribution in [-0.2, 0) is 6.54 Å². The molecule has 0 bridgehead atoms. The zero-order valence-corrected chi connectivity index (χ0v) is 26.6. The molecule has 0 aliphatic carbocycles. The van der Waals surface area contributed by atoms with E-state index in [1.165, 1.54) is 32.4 Å². The molecule has 0 unspecified atom stereocenters. The average molecular weight is 614 g/mol. The number of imidazole rings is 1. The Balaban J connectivity index is 0.000000178. The van der Waals surface area contributed by atoms with Crippen LogP contribution in [0.15, 0.2) is 79.4 Å². The minimum absolute atomic E-state index is 0.551. The van der Waals surface area contributed by atoms with E-state index in [1.807, 2.05) is 94.6 Å². The second-order valence-corrected chi connectivity index (χ2v) is 10.9. The summed E-state index contributed by atoms with van der Waals surface area (Å²) in [6, 6.07) is 19.5. The zero-order chi connectivity index (χ0) is 31.4. The number of aryl methyl sites for hydroxylation is 2. The number of aromatic nitrogens is 6. The maximum atomic E-state index is 5.84. The van der Waals surface area contributed by atoms with E-state index >= 15 is 0 Å². The van der Waals surface area contributed by atoms with Crippen LogP contribution >= 0.6 is 0 Å². The number of rotatable bonds is 12. The molecule has 1 aliphatic heterocycles. The summed E-state index contributed by atoms with van der Waals surface area (Å²) in [6.07, 6.45) is 9.41. The number of hydrogen-bond donors (Lipinski definition) is 0. The SMILES string of the molecule is COc1ccc(-n2nc(OCCN3CCCCC3)cc2C)cc1.COc1ccc(-n2nc(OCCn3ccnc3)cc2C)cc1. The smallest absolute Gasteiger partial charge is 0.233 e. The Morgan fingerprint density at radius 3 is 1.64 bits per heavy atom. The number of nitrogens with zero attached hydrogens (tertiary/aromatic N) is 7. The van der Waals surface area contributed by atoms with Crippen LogP contribution in [0.25, 0.3) is 11.4 Å². The molecular formula is C34H43N7O4. The van der Waals surface area contributed by atoms with Gasteiger partial charge >= 0.3 is 0 Å². The molecule has 4 heterocycles. The van der Waals surface area contributed by atoms with Crippen LogP contribution in [0.4, 0.5) is 0 Å². The third-order valence-electron chi connectivity index (χ3n) is 7.63. The first kappa shape index (κ1) is 31.6. The summed E-state index contributed by atoms with van der Waals surface area (Å²) in [6.45, 7) is 9.40. The third kappa shape index (κ3) is 8.89. The van der Waals surface area contributed by atoms with E-state index in [4.69, 9.17) is 18.9 Å². The molecule has 0 spiro atoms. The highest BCUT2D eigenvalue weighted by Gasteiger charge is 2.12. The lowest BCUT2D eigenvalue weighted by Crippen LogP contribution is -2.33. The Labute approximate surface area is 264 Å². The molecule has 1 aliphatic rings. The van der Waals surface area contributed by atoms with Crippen LogP contribution in [0, 0.1) is 13.8 Å². The largest absolute Gasteiger partial charge is 0.497 e. The maximum Gasteiger partial charge on any atom is 0.233 e. The Kier molecular flexibility index (Phi) is 11.1. The molecule has 3 aromatic heterocycles. The molecule has 2 aromatic carbocycles. The van der Waals surface area contributed by atoms with Gasteiger partial charge in [0.1, 0.15) is 24.7 Å². The predicted octanol–water partition coefficient (Wildman–Crippen LogP) is 5.52. The number of likely N-dealkylation sites (tertiary alicyclic amines) is 1. The van der Waals surface area contributed by atoms with Crippen LogP contribution in [0.3, 0.4) is 0 Å². The van der Waals surface area contributed by atoms with Gasteiger partial charge in [-0.05, 0) is 88.3 Å². The molecule has 0 saturated carbocycles. The summed E-state index contributed by atoms with van der Waals surface area (Å²) in [4.78, 5) is 6.47. The van der Waals surface area contributed by atoms with Crippen molar-refractivity contribution in [2.24, 2.45) is 0 Å². The lowest BCUT2D eigenvalue weighted by Gasteiger charge is -2.25. The van der Waals surface area contributed by atoms with Crippen LogP contribution in [0.2, 0.25) is 0 Å². The van der Waals surface area contributed by atoms with E-state index in [-0.39, 0.29) is 0 Å². The highest BCUT2D eigenvalue weighted by atomic mass is 16.5. The van der Waals surface area contributed by atoms with Gasteiger partial charge in [-0.2, -0.15) is 0 Å². The van der Waals surface area contributed by atoms with Gasteiger partial charge in [0, 0.05) is 42.5 Å². The fourth-order valence-electron chi connectivity index (χ4n) is 5.14. The first-order chi connectivity index (χ1) is 22.0. The van der Waals surface area contributed by atoms with E-state index in [2.05, 4.69) is 20.1 Å². The van der Waals surface area contributed by atoms with Gasteiger partial charge in [-0.3, -0.25) is 4.90 Å². The number of methoxy groups -OCH3 is 2. The number of ether oxygens (including phenoxy) is 4. The van der Waals surface area contributed by atoms with E-state index < -0.39 is 0 Å². The summed E-state index contributed by atoms with van der Waals surface area (Å²) >= 11 is 0. The molecule has 1 saturated heterocycles. The first-order valence-corrected chi connectivity index (χ1v) is 15.4. The molecule has 0 N–H and O–H groups in total. The lowest BCUT2D eigenvalue weighted by molar-refractivity contribution is 0.180. The molecule has 11 heteroatoms. The van der Waals surface area contributed by atoms with Crippen LogP contribution in [0.5, 0.6) is 23.3 Å². The van der Waals surface area contributed by atoms with Crippen molar-refractivity contribution in [2.45, 2.75) is 39.7 Å². The summed E-state index contributed by atoms with van der Waals surface area (Å²) in [5, 5.41) is 9.04. The molecule has 0 radical (unpaired) electrons. The Hall–Kier alpha value is -4.77. The topological polar surface area (TPSA) is 93.6 Å². The minimum Gasteiger partial charge on any atom is -0.497 e. The van der Waals surface area contributed by atoms with Gasteiger partial charge < -0.3 is 23.5 Å². The van der Waals surface area contributed by atoms with Crippen LogP contribution in [-0.4, -0.2) is 81.1 Å². The fourth-order valence-corrected chi connectivity index (χ4v) is 5.14. The molecule has 11 nitrogen and oxygen atoms in total.